The number of hydrogen-bond acceptors (Lipinski definition) is 4. The highest BCUT2D eigenvalue weighted by Gasteiger charge is 2.27. The summed E-state index contributed by atoms with van der Waals surface area (Å²) in [5.41, 5.74) is 6.58. The SMILES string of the molecule is CCc1nc(Nc2ccc(F)cc2C)nc(N2CCc3ccccc3C2C)c1C. The fraction of sp³-hybridized carbons (Fsp3) is 0.333. The molecule has 0 fully saturated rings. The fourth-order valence-electron chi connectivity index (χ4n) is 4.18. The van der Waals surface area contributed by atoms with Crippen molar-refractivity contribution in [2.24, 2.45) is 0 Å². The molecule has 2 heterocycles. The van der Waals surface area contributed by atoms with Crippen LogP contribution in [-0.2, 0) is 12.8 Å². The number of benzene rings is 2. The summed E-state index contributed by atoms with van der Waals surface area (Å²) in [5.74, 6) is 1.29. The Kier molecular flexibility index (Phi) is 5.22. The fourth-order valence-corrected chi connectivity index (χ4v) is 4.18. The maximum Gasteiger partial charge on any atom is 0.229 e. The summed E-state index contributed by atoms with van der Waals surface area (Å²) in [5, 5.41) is 3.30. The summed E-state index contributed by atoms with van der Waals surface area (Å²) in [4.78, 5) is 12.0. The van der Waals surface area contributed by atoms with E-state index in [0.717, 1.165) is 47.7 Å². The van der Waals surface area contributed by atoms with Crippen LogP contribution < -0.4 is 10.2 Å². The van der Waals surface area contributed by atoms with Gasteiger partial charge in [-0.05, 0) is 68.5 Å². The number of nitrogens with one attached hydrogen (secondary N) is 1. The predicted molar refractivity (Wildman–Crippen MR) is 116 cm³/mol. The van der Waals surface area contributed by atoms with E-state index in [1.165, 1.54) is 23.3 Å². The average Bonchev–Trinajstić information content (AvgIpc) is 2.72. The highest BCUT2D eigenvalue weighted by atomic mass is 19.1. The Balaban J connectivity index is 1.73. The molecule has 1 aliphatic rings. The van der Waals surface area contributed by atoms with E-state index < -0.39 is 0 Å². The van der Waals surface area contributed by atoms with Gasteiger partial charge in [0.15, 0.2) is 0 Å². The first-order chi connectivity index (χ1) is 14.0. The van der Waals surface area contributed by atoms with Crippen LogP contribution in [0.3, 0.4) is 0 Å². The third kappa shape index (κ3) is 3.69. The van der Waals surface area contributed by atoms with E-state index >= 15 is 0 Å². The summed E-state index contributed by atoms with van der Waals surface area (Å²) in [7, 11) is 0. The number of anilines is 3. The number of hydrogen-bond donors (Lipinski definition) is 1. The van der Waals surface area contributed by atoms with Gasteiger partial charge in [-0.3, -0.25) is 0 Å². The van der Waals surface area contributed by atoms with Crippen molar-refractivity contribution in [1.82, 2.24) is 9.97 Å². The lowest BCUT2D eigenvalue weighted by Crippen LogP contribution is -2.35. The maximum atomic E-state index is 13.5. The van der Waals surface area contributed by atoms with Crippen molar-refractivity contribution in [2.75, 3.05) is 16.8 Å². The summed E-state index contributed by atoms with van der Waals surface area (Å²) in [6, 6.07) is 13.6. The normalized spacial score (nSPS) is 15.9. The van der Waals surface area contributed by atoms with Crippen LogP contribution in [0.4, 0.5) is 21.8 Å². The summed E-state index contributed by atoms with van der Waals surface area (Å²) >= 11 is 0. The van der Waals surface area contributed by atoms with Gasteiger partial charge in [-0.1, -0.05) is 31.2 Å². The van der Waals surface area contributed by atoms with Gasteiger partial charge >= 0.3 is 0 Å². The molecule has 0 radical (unpaired) electrons. The van der Waals surface area contributed by atoms with Crippen molar-refractivity contribution in [3.63, 3.8) is 0 Å². The Morgan fingerprint density at radius 3 is 2.69 bits per heavy atom. The largest absolute Gasteiger partial charge is 0.349 e. The van der Waals surface area contributed by atoms with E-state index in [2.05, 4.69) is 55.3 Å². The molecule has 5 heteroatoms. The topological polar surface area (TPSA) is 41.1 Å². The van der Waals surface area contributed by atoms with Gasteiger partial charge in [-0.15, -0.1) is 0 Å². The number of aromatic nitrogens is 2. The molecule has 4 rings (SSSR count). The monoisotopic (exact) mass is 390 g/mol. The Labute approximate surface area is 171 Å². The minimum absolute atomic E-state index is 0.242. The molecule has 150 valence electrons. The Hall–Kier alpha value is -2.95. The smallest absolute Gasteiger partial charge is 0.229 e. The van der Waals surface area contributed by atoms with E-state index in [1.807, 2.05) is 6.92 Å². The Bertz CT molecular complexity index is 1050. The molecular weight excluding hydrogens is 363 g/mol. The number of nitrogens with zero attached hydrogens (tertiary/aromatic N) is 3. The second kappa shape index (κ2) is 7.82. The van der Waals surface area contributed by atoms with E-state index in [9.17, 15) is 4.39 Å². The number of fused-ring (bicyclic) bond motifs is 1. The van der Waals surface area contributed by atoms with E-state index in [-0.39, 0.29) is 11.9 Å². The number of halogens is 1. The highest BCUT2D eigenvalue weighted by molar-refractivity contribution is 5.62. The van der Waals surface area contributed by atoms with Crippen molar-refractivity contribution in [3.8, 4) is 0 Å². The predicted octanol–water partition coefficient (Wildman–Crippen LogP) is 5.66. The van der Waals surface area contributed by atoms with E-state index in [4.69, 9.17) is 9.97 Å². The minimum Gasteiger partial charge on any atom is -0.349 e. The molecule has 3 aromatic rings. The third-order valence-corrected chi connectivity index (χ3v) is 5.86. The van der Waals surface area contributed by atoms with Gasteiger partial charge in [-0.2, -0.15) is 4.98 Å². The summed E-state index contributed by atoms with van der Waals surface area (Å²) in [6.45, 7) is 9.26. The summed E-state index contributed by atoms with van der Waals surface area (Å²) < 4.78 is 13.5. The van der Waals surface area contributed by atoms with Gasteiger partial charge in [-0.25, -0.2) is 9.37 Å². The van der Waals surface area contributed by atoms with E-state index in [1.54, 1.807) is 6.07 Å². The molecule has 1 aromatic heterocycles. The molecule has 1 N–H and O–H groups in total. The van der Waals surface area contributed by atoms with Crippen LogP contribution in [-0.4, -0.2) is 16.5 Å². The average molecular weight is 391 g/mol. The van der Waals surface area contributed by atoms with Gasteiger partial charge in [0.25, 0.3) is 0 Å². The molecule has 4 nitrogen and oxygen atoms in total. The molecule has 1 aliphatic heterocycles. The molecule has 0 amide bonds. The Morgan fingerprint density at radius 2 is 1.93 bits per heavy atom. The van der Waals surface area contributed by atoms with Crippen LogP contribution in [0.1, 0.15) is 47.8 Å². The van der Waals surface area contributed by atoms with Gasteiger partial charge < -0.3 is 10.2 Å². The van der Waals surface area contributed by atoms with Crippen LogP contribution in [0.15, 0.2) is 42.5 Å². The van der Waals surface area contributed by atoms with Crippen LogP contribution >= 0.6 is 0 Å². The standard InChI is InChI=1S/C24H27FN4/c1-5-21-16(3)23(29-13-12-18-8-6-7-9-20(18)17(29)4)28-24(26-21)27-22-11-10-19(25)14-15(22)2/h6-11,14,17H,5,12-13H2,1-4H3,(H,26,27,28). The zero-order valence-electron chi connectivity index (χ0n) is 17.5. The van der Waals surface area contributed by atoms with Crippen molar-refractivity contribution >= 4 is 17.5 Å². The van der Waals surface area contributed by atoms with E-state index in [0.29, 0.717) is 5.95 Å². The molecule has 0 bridgehead atoms. The molecule has 0 saturated heterocycles. The second-order valence-corrected chi connectivity index (χ2v) is 7.70. The Morgan fingerprint density at radius 1 is 1.14 bits per heavy atom. The quantitative estimate of drug-likeness (QED) is 0.624. The zero-order chi connectivity index (χ0) is 20.5. The number of aryl methyl sites for hydroxylation is 2. The number of rotatable bonds is 4. The van der Waals surface area contributed by atoms with Crippen LogP contribution in [0, 0.1) is 19.7 Å². The van der Waals surface area contributed by atoms with Crippen molar-refractivity contribution < 1.29 is 4.39 Å². The molecule has 0 saturated carbocycles. The molecule has 0 aliphatic carbocycles. The highest BCUT2D eigenvalue weighted by Crippen LogP contribution is 2.35. The summed E-state index contributed by atoms with van der Waals surface area (Å²) in [6.07, 6.45) is 1.84. The molecular formula is C24H27FN4. The van der Waals surface area contributed by atoms with Crippen molar-refractivity contribution in [2.45, 2.75) is 46.6 Å². The van der Waals surface area contributed by atoms with Crippen molar-refractivity contribution in [1.29, 1.82) is 0 Å². The molecule has 1 unspecified atom stereocenters. The first kappa shape index (κ1) is 19.4. The zero-order valence-corrected chi connectivity index (χ0v) is 17.5. The van der Waals surface area contributed by atoms with Gasteiger partial charge in [0.05, 0.1) is 11.7 Å². The van der Waals surface area contributed by atoms with Gasteiger partial charge in [0, 0.05) is 17.8 Å². The van der Waals surface area contributed by atoms with Crippen LogP contribution in [0.5, 0.6) is 0 Å². The van der Waals surface area contributed by atoms with Crippen molar-refractivity contribution in [3.05, 3.63) is 76.2 Å². The molecule has 1 atom stereocenters. The molecule has 29 heavy (non-hydrogen) atoms. The lowest BCUT2D eigenvalue weighted by atomic mass is 9.93. The first-order valence-corrected chi connectivity index (χ1v) is 10.2. The lowest BCUT2D eigenvalue weighted by molar-refractivity contribution is 0.614. The first-order valence-electron chi connectivity index (χ1n) is 10.2. The van der Waals surface area contributed by atoms with Crippen LogP contribution in [0.2, 0.25) is 0 Å². The third-order valence-electron chi connectivity index (χ3n) is 5.86. The minimum atomic E-state index is -0.242. The second-order valence-electron chi connectivity index (χ2n) is 7.70. The lowest BCUT2D eigenvalue weighted by Gasteiger charge is -2.37. The van der Waals surface area contributed by atoms with Crippen LogP contribution in [0.25, 0.3) is 0 Å². The molecule has 0 spiro atoms. The van der Waals surface area contributed by atoms with Gasteiger partial charge in [0.1, 0.15) is 11.6 Å². The van der Waals surface area contributed by atoms with Gasteiger partial charge in [0.2, 0.25) is 5.95 Å². The molecule has 2 aromatic carbocycles. The maximum absolute atomic E-state index is 13.5.